The van der Waals surface area contributed by atoms with Crippen LogP contribution in [0.25, 0.3) is 0 Å². The fraction of sp³-hybridized carbons (Fsp3) is 0.400. The molecule has 0 radical (unpaired) electrons. The summed E-state index contributed by atoms with van der Waals surface area (Å²) in [5.41, 5.74) is 1.51. The van der Waals surface area contributed by atoms with Gasteiger partial charge in [0.05, 0.1) is 0 Å². The SMILES string of the molecule is Brc1ccc(C2CCC2)cc1. The zero-order valence-electron chi connectivity index (χ0n) is 6.39. The second-order valence-electron chi connectivity index (χ2n) is 3.18. The van der Waals surface area contributed by atoms with Crippen LogP contribution in [0.2, 0.25) is 0 Å². The highest BCUT2D eigenvalue weighted by Crippen LogP contribution is 2.36. The molecule has 0 amide bonds. The van der Waals surface area contributed by atoms with Crippen molar-refractivity contribution in [3.05, 3.63) is 34.3 Å². The molecule has 1 fully saturated rings. The molecule has 0 saturated heterocycles. The first-order valence-electron chi connectivity index (χ1n) is 4.12. The summed E-state index contributed by atoms with van der Waals surface area (Å²) in [5, 5.41) is 0. The average molecular weight is 211 g/mol. The minimum absolute atomic E-state index is 0.864. The van der Waals surface area contributed by atoms with E-state index in [4.69, 9.17) is 0 Å². The first kappa shape index (κ1) is 7.35. The molecule has 0 N–H and O–H groups in total. The number of benzene rings is 1. The van der Waals surface area contributed by atoms with Crippen molar-refractivity contribution in [3.8, 4) is 0 Å². The molecule has 1 heteroatoms. The van der Waals surface area contributed by atoms with Crippen molar-refractivity contribution in [1.29, 1.82) is 0 Å². The lowest BCUT2D eigenvalue weighted by Gasteiger charge is -2.25. The highest BCUT2D eigenvalue weighted by molar-refractivity contribution is 9.10. The Balaban J connectivity index is 2.18. The van der Waals surface area contributed by atoms with Gasteiger partial charge in [0.2, 0.25) is 0 Å². The molecule has 1 aromatic carbocycles. The van der Waals surface area contributed by atoms with Gasteiger partial charge in [-0.25, -0.2) is 0 Å². The largest absolute Gasteiger partial charge is 0.0576 e. The highest BCUT2D eigenvalue weighted by Gasteiger charge is 2.18. The first-order valence-corrected chi connectivity index (χ1v) is 4.91. The van der Waals surface area contributed by atoms with Crippen LogP contribution in [0.5, 0.6) is 0 Å². The predicted molar refractivity (Wildman–Crippen MR) is 50.7 cm³/mol. The quantitative estimate of drug-likeness (QED) is 0.664. The zero-order chi connectivity index (χ0) is 7.68. The normalized spacial score (nSPS) is 17.9. The maximum atomic E-state index is 3.43. The molecule has 0 atom stereocenters. The topological polar surface area (TPSA) is 0 Å². The zero-order valence-corrected chi connectivity index (χ0v) is 7.97. The molecule has 1 aromatic rings. The molecule has 11 heavy (non-hydrogen) atoms. The monoisotopic (exact) mass is 210 g/mol. The Morgan fingerprint density at radius 2 is 1.73 bits per heavy atom. The summed E-state index contributed by atoms with van der Waals surface area (Å²) in [6.45, 7) is 0. The number of halogens is 1. The molecule has 0 aromatic heterocycles. The van der Waals surface area contributed by atoms with Gasteiger partial charge in [-0.1, -0.05) is 34.5 Å². The van der Waals surface area contributed by atoms with Crippen LogP contribution in [0.4, 0.5) is 0 Å². The third-order valence-corrected chi connectivity index (χ3v) is 2.98. The maximum Gasteiger partial charge on any atom is 0.0175 e. The molecule has 58 valence electrons. The summed E-state index contributed by atoms with van der Waals surface area (Å²) in [5.74, 6) is 0.864. The molecule has 0 bridgehead atoms. The van der Waals surface area contributed by atoms with E-state index in [1.54, 1.807) is 0 Å². The van der Waals surface area contributed by atoms with E-state index in [9.17, 15) is 0 Å². The average Bonchev–Trinajstić information content (AvgIpc) is 1.90. The van der Waals surface area contributed by atoms with E-state index in [0.29, 0.717) is 0 Å². The Morgan fingerprint density at radius 3 is 2.18 bits per heavy atom. The van der Waals surface area contributed by atoms with Crippen molar-refractivity contribution in [2.45, 2.75) is 25.2 Å². The maximum absolute atomic E-state index is 3.43. The lowest BCUT2D eigenvalue weighted by molar-refractivity contribution is 0.420. The molecule has 0 nitrogen and oxygen atoms in total. The Labute approximate surface area is 75.8 Å². The minimum atomic E-state index is 0.864. The second-order valence-corrected chi connectivity index (χ2v) is 4.10. The molecule has 1 saturated carbocycles. The van der Waals surface area contributed by atoms with E-state index in [0.717, 1.165) is 5.92 Å². The van der Waals surface area contributed by atoms with Crippen LogP contribution < -0.4 is 0 Å². The lowest BCUT2D eigenvalue weighted by atomic mass is 9.80. The van der Waals surface area contributed by atoms with Crippen LogP contribution in [-0.4, -0.2) is 0 Å². The predicted octanol–water partition coefficient (Wildman–Crippen LogP) is 3.72. The molecule has 0 spiro atoms. The Morgan fingerprint density at radius 1 is 1.09 bits per heavy atom. The van der Waals surface area contributed by atoms with Gasteiger partial charge in [0.1, 0.15) is 0 Å². The molecule has 1 aliphatic rings. The summed E-state index contributed by atoms with van der Waals surface area (Å²) in [4.78, 5) is 0. The summed E-state index contributed by atoms with van der Waals surface area (Å²) >= 11 is 3.43. The van der Waals surface area contributed by atoms with Crippen LogP contribution in [0.3, 0.4) is 0 Å². The molecule has 0 aliphatic heterocycles. The number of rotatable bonds is 1. The summed E-state index contributed by atoms with van der Waals surface area (Å²) in [6.07, 6.45) is 4.20. The van der Waals surface area contributed by atoms with Gasteiger partial charge in [-0.3, -0.25) is 0 Å². The van der Waals surface area contributed by atoms with Gasteiger partial charge in [-0.2, -0.15) is 0 Å². The summed E-state index contributed by atoms with van der Waals surface area (Å²) < 4.78 is 1.18. The Bertz CT molecular complexity index is 234. The van der Waals surface area contributed by atoms with E-state index in [-0.39, 0.29) is 0 Å². The van der Waals surface area contributed by atoms with Crippen LogP contribution in [0.15, 0.2) is 28.7 Å². The third kappa shape index (κ3) is 1.48. The fourth-order valence-electron chi connectivity index (χ4n) is 1.48. The van der Waals surface area contributed by atoms with Crippen molar-refractivity contribution >= 4 is 15.9 Å². The third-order valence-electron chi connectivity index (χ3n) is 2.45. The molecule has 2 rings (SSSR count). The van der Waals surface area contributed by atoms with Crippen molar-refractivity contribution in [2.75, 3.05) is 0 Å². The minimum Gasteiger partial charge on any atom is -0.0576 e. The van der Waals surface area contributed by atoms with E-state index in [2.05, 4.69) is 40.2 Å². The van der Waals surface area contributed by atoms with Crippen LogP contribution in [-0.2, 0) is 0 Å². The van der Waals surface area contributed by atoms with Gasteiger partial charge in [-0.05, 0) is 36.5 Å². The van der Waals surface area contributed by atoms with Crippen LogP contribution in [0.1, 0.15) is 30.7 Å². The van der Waals surface area contributed by atoms with Gasteiger partial charge < -0.3 is 0 Å². The van der Waals surface area contributed by atoms with E-state index >= 15 is 0 Å². The number of hydrogen-bond acceptors (Lipinski definition) is 0. The molecular weight excluding hydrogens is 200 g/mol. The standard InChI is InChI=1S/C10H11Br/c11-10-6-4-9(5-7-10)8-2-1-3-8/h4-8H,1-3H2. The fourth-order valence-corrected chi connectivity index (χ4v) is 1.74. The molecule has 1 aliphatic carbocycles. The van der Waals surface area contributed by atoms with Crippen molar-refractivity contribution < 1.29 is 0 Å². The second kappa shape index (κ2) is 2.98. The van der Waals surface area contributed by atoms with Gasteiger partial charge >= 0.3 is 0 Å². The van der Waals surface area contributed by atoms with Gasteiger partial charge in [0.25, 0.3) is 0 Å². The van der Waals surface area contributed by atoms with Gasteiger partial charge in [-0.15, -0.1) is 0 Å². The first-order chi connectivity index (χ1) is 5.36. The molecular formula is C10H11Br. The summed E-state index contributed by atoms with van der Waals surface area (Å²) in [6, 6.07) is 8.73. The van der Waals surface area contributed by atoms with Gasteiger partial charge in [0, 0.05) is 4.47 Å². The van der Waals surface area contributed by atoms with Crippen LogP contribution >= 0.6 is 15.9 Å². The summed E-state index contributed by atoms with van der Waals surface area (Å²) in [7, 11) is 0. The van der Waals surface area contributed by atoms with Crippen LogP contribution in [0, 0.1) is 0 Å². The Kier molecular flexibility index (Phi) is 1.99. The lowest BCUT2D eigenvalue weighted by Crippen LogP contribution is -2.07. The van der Waals surface area contributed by atoms with Gasteiger partial charge in [0.15, 0.2) is 0 Å². The van der Waals surface area contributed by atoms with E-state index in [1.165, 1.54) is 29.3 Å². The number of hydrogen-bond donors (Lipinski definition) is 0. The van der Waals surface area contributed by atoms with Crippen molar-refractivity contribution in [1.82, 2.24) is 0 Å². The van der Waals surface area contributed by atoms with Crippen molar-refractivity contribution in [2.24, 2.45) is 0 Å². The molecule has 0 unspecified atom stereocenters. The Hall–Kier alpha value is -0.300. The molecule has 0 heterocycles. The highest BCUT2D eigenvalue weighted by atomic mass is 79.9. The van der Waals surface area contributed by atoms with E-state index in [1.807, 2.05) is 0 Å². The van der Waals surface area contributed by atoms with Crippen molar-refractivity contribution in [3.63, 3.8) is 0 Å². The van der Waals surface area contributed by atoms with E-state index < -0.39 is 0 Å². The smallest absolute Gasteiger partial charge is 0.0175 e.